The van der Waals surface area contributed by atoms with Gasteiger partial charge in [-0.15, -0.1) is 11.6 Å². The minimum absolute atomic E-state index is 0.221. The van der Waals surface area contributed by atoms with Gasteiger partial charge in [-0.3, -0.25) is 0 Å². The molecule has 0 amide bonds. The second kappa shape index (κ2) is 5.18. The molecule has 9 heteroatoms. The van der Waals surface area contributed by atoms with Gasteiger partial charge < -0.3 is 0 Å². The van der Waals surface area contributed by atoms with E-state index in [1.54, 1.807) is 0 Å². The van der Waals surface area contributed by atoms with E-state index in [-0.39, 0.29) is 6.04 Å². The van der Waals surface area contributed by atoms with Crippen molar-refractivity contribution in [1.82, 2.24) is 9.03 Å². The van der Waals surface area contributed by atoms with E-state index in [9.17, 15) is 16.8 Å². The molecule has 1 aliphatic rings. The molecule has 1 heterocycles. The van der Waals surface area contributed by atoms with Crippen molar-refractivity contribution in [3.05, 3.63) is 0 Å². The van der Waals surface area contributed by atoms with E-state index in [0.717, 1.165) is 6.26 Å². The normalized spacial score (nSPS) is 21.1. The van der Waals surface area contributed by atoms with E-state index >= 15 is 0 Å². The first kappa shape index (κ1) is 14.2. The van der Waals surface area contributed by atoms with Gasteiger partial charge in [0.2, 0.25) is 20.0 Å². The van der Waals surface area contributed by atoms with Gasteiger partial charge in [0.1, 0.15) is 5.21 Å². The van der Waals surface area contributed by atoms with Crippen LogP contribution in [0.3, 0.4) is 0 Å². The summed E-state index contributed by atoms with van der Waals surface area (Å²) in [5.41, 5.74) is 0. The largest absolute Gasteiger partial charge is 0.225 e. The van der Waals surface area contributed by atoms with Crippen LogP contribution in [0.1, 0.15) is 12.8 Å². The lowest BCUT2D eigenvalue weighted by Crippen LogP contribution is -2.46. The molecule has 1 saturated heterocycles. The maximum atomic E-state index is 11.2. The minimum Gasteiger partial charge on any atom is -0.213 e. The maximum Gasteiger partial charge on any atom is 0.225 e. The first-order chi connectivity index (χ1) is 7.24. The number of nitrogens with zero attached hydrogens (tertiary/aromatic N) is 1. The summed E-state index contributed by atoms with van der Waals surface area (Å²) in [4.78, 5) is 0. The van der Waals surface area contributed by atoms with Crippen molar-refractivity contribution in [2.75, 3.05) is 24.6 Å². The van der Waals surface area contributed by atoms with Crippen LogP contribution in [-0.2, 0) is 20.0 Å². The number of sulfonamides is 2. The van der Waals surface area contributed by atoms with Crippen LogP contribution in [0.4, 0.5) is 0 Å². The molecule has 1 fully saturated rings. The third-order valence-corrected chi connectivity index (χ3v) is 5.56. The zero-order valence-electron chi connectivity index (χ0n) is 8.89. The molecule has 0 atom stereocenters. The number of piperidine rings is 1. The van der Waals surface area contributed by atoms with Crippen molar-refractivity contribution in [2.24, 2.45) is 0 Å². The first-order valence-electron chi connectivity index (χ1n) is 4.76. The van der Waals surface area contributed by atoms with Crippen LogP contribution in [0, 0.1) is 0 Å². The molecule has 0 aliphatic carbocycles. The Kier molecular flexibility index (Phi) is 4.58. The predicted octanol–water partition coefficient (Wildman–Crippen LogP) is -0.474. The number of alkyl halides is 1. The Balaban J connectivity index is 2.51. The fraction of sp³-hybridized carbons (Fsp3) is 1.00. The smallest absolute Gasteiger partial charge is 0.213 e. The lowest BCUT2D eigenvalue weighted by atomic mass is 10.1. The molecule has 1 rings (SSSR count). The van der Waals surface area contributed by atoms with Gasteiger partial charge in [-0.25, -0.2) is 25.9 Å². The highest BCUT2D eigenvalue weighted by Crippen LogP contribution is 2.14. The Morgan fingerprint density at radius 3 is 2.12 bits per heavy atom. The fourth-order valence-corrected chi connectivity index (χ4v) is 3.46. The molecule has 96 valence electrons. The van der Waals surface area contributed by atoms with Gasteiger partial charge in [-0.2, -0.15) is 0 Å². The molecule has 0 radical (unpaired) electrons. The summed E-state index contributed by atoms with van der Waals surface area (Å²) in [5, 5.41) is -0.473. The molecule has 0 aromatic rings. The maximum absolute atomic E-state index is 11.2. The second-order valence-electron chi connectivity index (χ2n) is 3.78. The molecule has 6 nitrogen and oxygen atoms in total. The molecular formula is C7H15ClN2O4S2. The zero-order valence-corrected chi connectivity index (χ0v) is 11.3. The van der Waals surface area contributed by atoms with E-state index in [0.29, 0.717) is 25.9 Å². The summed E-state index contributed by atoms with van der Waals surface area (Å²) in [6.45, 7) is 0.683. The van der Waals surface area contributed by atoms with Crippen LogP contribution in [-0.4, -0.2) is 51.7 Å². The number of rotatable bonds is 4. The Bertz CT molecular complexity index is 425. The van der Waals surface area contributed by atoms with Crippen molar-refractivity contribution in [2.45, 2.75) is 18.9 Å². The van der Waals surface area contributed by atoms with Crippen molar-refractivity contribution in [1.29, 1.82) is 0 Å². The van der Waals surface area contributed by atoms with Crippen LogP contribution < -0.4 is 4.72 Å². The third-order valence-electron chi connectivity index (χ3n) is 2.41. The summed E-state index contributed by atoms with van der Waals surface area (Å²) in [5.74, 6) is 0. The fourth-order valence-electron chi connectivity index (χ4n) is 1.59. The lowest BCUT2D eigenvalue weighted by molar-refractivity contribution is 0.310. The predicted molar refractivity (Wildman–Crippen MR) is 62.2 cm³/mol. The lowest BCUT2D eigenvalue weighted by Gasteiger charge is -2.30. The van der Waals surface area contributed by atoms with Crippen molar-refractivity contribution in [3.8, 4) is 0 Å². The monoisotopic (exact) mass is 290 g/mol. The van der Waals surface area contributed by atoms with Gasteiger partial charge in [0.05, 0.1) is 6.26 Å². The summed E-state index contributed by atoms with van der Waals surface area (Å²) in [6.07, 6.45) is 2.10. The number of nitrogens with one attached hydrogen (secondary N) is 1. The Morgan fingerprint density at radius 2 is 1.75 bits per heavy atom. The number of hydrogen-bond donors (Lipinski definition) is 1. The van der Waals surface area contributed by atoms with Gasteiger partial charge in [-0.1, -0.05) is 0 Å². The van der Waals surface area contributed by atoms with E-state index in [1.165, 1.54) is 4.31 Å². The van der Waals surface area contributed by atoms with Crippen LogP contribution in [0.25, 0.3) is 0 Å². The highest BCUT2D eigenvalue weighted by Gasteiger charge is 2.26. The summed E-state index contributed by atoms with van der Waals surface area (Å²) >= 11 is 5.26. The van der Waals surface area contributed by atoms with E-state index in [4.69, 9.17) is 11.6 Å². The molecular weight excluding hydrogens is 276 g/mol. The van der Waals surface area contributed by atoms with Crippen LogP contribution in [0.2, 0.25) is 0 Å². The van der Waals surface area contributed by atoms with Crippen LogP contribution in [0.5, 0.6) is 0 Å². The third kappa shape index (κ3) is 4.17. The molecule has 1 aliphatic heterocycles. The van der Waals surface area contributed by atoms with E-state index in [2.05, 4.69) is 4.72 Å². The van der Waals surface area contributed by atoms with Gasteiger partial charge in [0.25, 0.3) is 0 Å². The van der Waals surface area contributed by atoms with Crippen LogP contribution in [0.15, 0.2) is 0 Å². The highest BCUT2D eigenvalue weighted by molar-refractivity contribution is 7.90. The first-order valence-corrected chi connectivity index (χ1v) is 8.79. The Hall–Kier alpha value is 0.110. The number of hydrogen-bond acceptors (Lipinski definition) is 4. The standard InChI is InChI=1S/C7H15ClN2O4S2/c1-15(11,12)10-4-2-7(3-5-10)9-16(13,14)6-8/h7,9H,2-6H2,1H3. The SMILES string of the molecule is CS(=O)(=O)N1CCC(NS(=O)(=O)CCl)CC1. The minimum atomic E-state index is -3.42. The van der Waals surface area contributed by atoms with Crippen LogP contribution >= 0.6 is 11.6 Å². The van der Waals surface area contributed by atoms with E-state index in [1.807, 2.05) is 0 Å². The topological polar surface area (TPSA) is 83.6 Å². The molecule has 0 unspecified atom stereocenters. The van der Waals surface area contributed by atoms with Crippen molar-refractivity contribution in [3.63, 3.8) is 0 Å². The molecule has 1 N–H and O–H groups in total. The summed E-state index contributed by atoms with van der Waals surface area (Å²) in [6, 6.07) is -0.221. The summed E-state index contributed by atoms with van der Waals surface area (Å²) in [7, 11) is -6.59. The molecule has 0 aromatic heterocycles. The quantitative estimate of drug-likeness (QED) is 0.709. The highest BCUT2D eigenvalue weighted by atomic mass is 35.5. The average molecular weight is 291 g/mol. The molecule has 0 bridgehead atoms. The average Bonchev–Trinajstić information content (AvgIpc) is 2.16. The van der Waals surface area contributed by atoms with Gasteiger partial charge >= 0.3 is 0 Å². The van der Waals surface area contributed by atoms with Crippen molar-refractivity contribution >= 4 is 31.6 Å². The number of halogens is 1. The second-order valence-corrected chi connectivity index (χ2v) is 8.10. The molecule has 0 aromatic carbocycles. The molecule has 0 saturated carbocycles. The van der Waals surface area contributed by atoms with Gasteiger partial charge in [0, 0.05) is 19.1 Å². The van der Waals surface area contributed by atoms with E-state index < -0.39 is 25.3 Å². The Labute approximate surface area is 101 Å². The molecule has 0 spiro atoms. The Morgan fingerprint density at radius 1 is 1.25 bits per heavy atom. The zero-order chi connectivity index (χ0) is 12.4. The van der Waals surface area contributed by atoms with Gasteiger partial charge in [0.15, 0.2) is 0 Å². The van der Waals surface area contributed by atoms with Gasteiger partial charge in [-0.05, 0) is 12.8 Å². The van der Waals surface area contributed by atoms with Crippen molar-refractivity contribution < 1.29 is 16.8 Å². The summed E-state index contributed by atoms with van der Waals surface area (Å²) < 4.78 is 48.5. The molecule has 16 heavy (non-hydrogen) atoms.